The number of benzene rings is 3. The van der Waals surface area contributed by atoms with Crippen molar-refractivity contribution in [2.75, 3.05) is 6.26 Å². The van der Waals surface area contributed by atoms with E-state index in [4.69, 9.17) is 5.26 Å². The lowest BCUT2D eigenvalue weighted by atomic mass is 10.1. The van der Waals surface area contributed by atoms with Gasteiger partial charge in [-0.3, -0.25) is 0 Å². The smallest absolute Gasteiger partial charge is 0.175 e. The average Bonchev–Trinajstić information content (AvgIpc) is 2.71. The Morgan fingerprint density at radius 2 is 1.18 bits per heavy atom. The summed E-state index contributed by atoms with van der Waals surface area (Å²) in [5.41, 5.74) is 4.57. The molecule has 3 aromatic rings. The van der Waals surface area contributed by atoms with Crippen LogP contribution in [0.1, 0.15) is 27.8 Å². The predicted octanol–water partition coefficient (Wildman–Crippen LogP) is 5.30. The number of sulfone groups is 1. The Hall–Kier alpha value is -3.42. The van der Waals surface area contributed by atoms with Crippen LogP contribution in [0.15, 0.2) is 77.7 Å². The molecule has 0 aliphatic rings. The van der Waals surface area contributed by atoms with Crippen LogP contribution >= 0.6 is 0 Å². The molecule has 0 saturated carbocycles. The fourth-order valence-electron chi connectivity index (χ4n) is 2.67. The Kier molecular flexibility index (Phi) is 5.88. The Morgan fingerprint density at radius 1 is 0.714 bits per heavy atom. The quantitative estimate of drug-likeness (QED) is 0.560. The van der Waals surface area contributed by atoms with Gasteiger partial charge in [-0.15, -0.1) is 0 Å². The minimum Gasteiger partial charge on any atom is -0.224 e. The van der Waals surface area contributed by atoms with Gasteiger partial charge in [-0.1, -0.05) is 78.9 Å². The van der Waals surface area contributed by atoms with Crippen LogP contribution in [0.3, 0.4) is 0 Å². The Balaban J connectivity index is 1.70. The van der Waals surface area contributed by atoms with Gasteiger partial charge in [0.2, 0.25) is 0 Å². The molecule has 0 aliphatic heterocycles. The minimum absolute atomic E-state index is 0.318. The fourth-order valence-corrected chi connectivity index (χ4v) is 3.30. The zero-order valence-electron chi connectivity index (χ0n) is 15.4. The SMILES string of the molecule is CS(=O)(=O)c1ccc(C=Cc2ccc(C=Cc3ccccc3C#N)cc2)cc1. The molecule has 0 aromatic heterocycles. The molecule has 28 heavy (non-hydrogen) atoms. The number of nitrogens with zero attached hydrogens (tertiary/aromatic N) is 1. The van der Waals surface area contributed by atoms with Crippen LogP contribution in [-0.4, -0.2) is 14.7 Å². The number of nitriles is 1. The van der Waals surface area contributed by atoms with Crippen LogP contribution in [-0.2, 0) is 9.84 Å². The molecule has 3 aromatic carbocycles. The first-order valence-corrected chi connectivity index (χ1v) is 10.6. The maximum absolute atomic E-state index is 11.5. The molecule has 0 bridgehead atoms. The van der Waals surface area contributed by atoms with Gasteiger partial charge in [0, 0.05) is 6.26 Å². The van der Waals surface area contributed by atoms with E-state index < -0.39 is 9.84 Å². The van der Waals surface area contributed by atoms with E-state index in [0.29, 0.717) is 10.5 Å². The lowest BCUT2D eigenvalue weighted by Gasteiger charge is -2.00. The highest BCUT2D eigenvalue weighted by molar-refractivity contribution is 7.90. The summed E-state index contributed by atoms with van der Waals surface area (Å²) >= 11 is 0. The van der Waals surface area contributed by atoms with E-state index in [2.05, 4.69) is 6.07 Å². The van der Waals surface area contributed by atoms with Crippen molar-refractivity contribution in [1.82, 2.24) is 0 Å². The number of hydrogen-bond acceptors (Lipinski definition) is 3. The van der Waals surface area contributed by atoms with Gasteiger partial charge in [-0.25, -0.2) is 8.42 Å². The fraction of sp³-hybridized carbons (Fsp3) is 0.0417. The zero-order valence-corrected chi connectivity index (χ0v) is 16.2. The molecule has 3 rings (SSSR count). The van der Waals surface area contributed by atoms with Gasteiger partial charge < -0.3 is 0 Å². The maximum Gasteiger partial charge on any atom is 0.175 e. The summed E-state index contributed by atoms with van der Waals surface area (Å²) in [5, 5.41) is 9.14. The second-order valence-electron chi connectivity index (χ2n) is 6.37. The molecule has 0 atom stereocenters. The summed E-state index contributed by atoms with van der Waals surface area (Å²) in [6, 6.07) is 24.5. The van der Waals surface area contributed by atoms with Gasteiger partial charge in [0.1, 0.15) is 0 Å². The van der Waals surface area contributed by atoms with Crippen molar-refractivity contribution in [2.24, 2.45) is 0 Å². The van der Waals surface area contributed by atoms with Gasteiger partial charge in [-0.05, 0) is 40.5 Å². The van der Waals surface area contributed by atoms with Gasteiger partial charge in [0.25, 0.3) is 0 Å². The van der Waals surface area contributed by atoms with Crippen molar-refractivity contribution in [2.45, 2.75) is 4.90 Å². The molecule has 138 valence electrons. The third-order valence-corrected chi connectivity index (χ3v) is 5.38. The largest absolute Gasteiger partial charge is 0.224 e. The van der Waals surface area contributed by atoms with E-state index in [9.17, 15) is 8.42 Å². The van der Waals surface area contributed by atoms with Crippen molar-refractivity contribution in [3.8, 4) is 6.07 Å². The Morgan fingerprint density at radius 3 is 1.68 bits per heavy atom. The molecule has 0 saturated heterocycles. The summed E-state index contributed by atoms with van der Waals surface area (Å²) in [4.78, 5) is 0.318. The summed E-state index contributed by atoms with van der Waals surface area (Å²) in [6.07, 6.45) is 9.04. The molecule has 0 unspecified atom stereocenters. The highest BCUT2D eigenvalue weighted by atomic mass is 32.2. The molecule has 3 nitrogen and oxygen atoms in total. The van der Waals surface area contributed by atoms with Crippen molar-refractivity contribution >= 4 is 34.1 Å². The monoisotopic (exact) mass is 385 g/mol. The van der Waals surface area contributed by atoms with Crippen molar-refractivity contribution in [3.63, 3.8) is 0 Å². The van der Waals surface area contributed by atoms with E-state index in [1.54, 1.807) is 30.3 Å². The predicted molar refractivity (Wildman–Crippen MR) is 115 cm³/mol. The van der Waals surface area contributed by atoms with Crippen LogP contribution in [0, 0.1) is 11.3 Å². The van der Waals surface area contributed by atoms with Crippen LogP contribution in [0.5, 0.6) is 0 Å². The lowest BCUT2D eigenvalue weighted by Crippen LogP contribution is -1.95. The molecule has 0 N–H and O–H groups in total. The van der Waals surface area contributed by atoms with Gasteiger partial charge >= 0.3 is 0 Å². The molecule has 0 heterocycles. The van der Waals surface area contributed by atoms with E-state index in [0.717, 1.165) is 22.3 Å². The Bertz CT molecular complexity index is 1160. The third-order valence-electron chi connectivity index (χ3n) is 4.25. The van der Waals surface area contributed by atoms with Crippen molar-refractivity contribution in [3.05, 3.63) is 101 Å². The van der Waals surface area contributed by atoms with E-state index >= 15 is 0 Å². The first-order chi connectivity index (χ1) is 13.5. The summed E-state index contributed by atoms with van der Waals surface area (Å²) in [7, 11) is -3.17. The standard InChI is InChI=1S/C24H19NO2S/c1-28(26,27)24-16-13-21(14-17-24)11-8-19-6-9-20(10-7-19)12-15-22-4-2-3-5-23(22)18-25/h2-17H,1H3. The zero-order chi connectivity index (χ0) is 20.0. The van der Waals surface area contributed by atoms with Crippen LogP contribution in [0.4, 0.5) is 0 Å². The average molecular weight is 385 g/mol. The molecule has 0 fully saturated rings. The Labute approximate surface area is 165 Å². The second kappa shape index (κ2) is 8.51. The van der Waals surface area contributed by atoms with E-state index in [-0.39, 0.29) is 0 Å². The highest BCUT2D eigenvalue weighted by Gasteiger charge is 2.05. The molecular formula is C24H19NO2S. The van der Waals surface area contributed by atoms with Gasteiger partial charge in [0.05, 0.1) is 16.5 Å². The van der Waals surface area contributed by atoms with Crippen LogP contribution < -0.4 is 0 Å². The topological polar surface area (TPSA) is 57.9 Å². The molecule has 0 spiro atoms. The van der Waals surface area contributed by atoms with Crippen LogP contribution in [0.25, 0.3) is 24.3 Å². The van der Waals surface area contributed by atoms with Crippen LogP contribution in [0.2, 0.25) is 0 Å². The molecular weight excluding hydrogens is 366 g/mol. The third kappa shape index (κ3) is 5.06. The minimum atomic E-state index is -3.17. The highest BCUT2D eigenvalue weighted by Crippen LogP contribution is 2.16. The van der Waals surface area contributed by atoms with Crippen molar-refractivity contribution < 1.29 is 8.42 Å². The van der Waals surface area contributed by atoms with Gasteiger partial charge in [-0.2, -0.15) is 5.26 Å². The molecule has 0 aliphatic carbocycles. The lowest BCUT2D eigenvalue weighted by molar-refractivity contribution is 0.602. The number of rotatable bonds is 5. The van der Waals surface area contributed by atoms with E-state index in [1.807, 2.05) is 66.8 Å². The maximum atomic E-state index is 11.5. The molecule has 0 radical (unpaired) electrons. The number of hydrogen-bond donors (Lipinski definition) is 0. The molecule has 4 heteroatoms. The van der Waals surface area contributed by atoms with E-state index in [1.165, 1.54) is 6.26 Å². The summed E-state index contributed by atoms with van der Waals surface area (Å²) < 4.78 is 23.0. The first kappa shape index (κ1) is 19.3. The summed E-state index contributed by atoms with van der Waals surface area (Å²) in [5.74, 6) is 0. The summed E-state index contributed by atoms with van der Waals surface area (Å²) in [6.45, 7) is 0. The van der Waals surface area contributed by atoms with Crippen molar-refractivity contribution in [1.29, 1.82) is 5.26 Å². The van der Waals surface area contributed by atoms with Gasteiger partial charge in [0.15, 0.2) is 9.84 Å². The normalized spacial score (nSPS) is 11.7. The second-order valence-corrected chi connectivity index (χ2v) is 8.39. The first-order valence-electron chi connectivity index (χ1n) is 8.71. The molecule has 0 amide bonds.